The first-order valence-corrected chi connectivity index (χ1v) is 5.49. The summed E-state index contributed by atoms with van der Waals surface area (Å²) in [6.07, 6.45) is 3.60. The van der Waals surface area contributed by atoms with Gasteiger partial charge in [0.15, 0.2) is 0 Å². The van der Waals surface area contributed by atoms with Crippen LogP contribution in [0.2, 0.25) is 0 Å². The molecule has 1 heterocycles. The van der Waals surface area contributed by atoms with E-state index < -0.39 is 0 Å². The smallest absolute Gasteiger partial charge is 0.148 e. The van der Waals surface area contributed by atoms with Crippen LogP contribution in [0.1, 0.15) is 19.3 Å². The molecule has 1 aromatic carbocycles. The van der Waals surface area contributed by atoms with Gasteiger partial charge in [-0.15, -0.1) is 0 Å². The zero-order chi connectivity index (χ0) is 10.5. The topological polar surface area (TPSA) is 15.3 Å². The minimum atomic E-state index is -0.117. The highest BCUT2D eigenvalue weighted by Gasteiger charge is 2.44. The number of hydrogen-bond donors (Lipinski definition) is 1. The molecule has 0 atom stereocenters. The van der Waals surface area contributed by atoms with Crippen LogP contribution in [0.15, 0.2) is 18.2 Å². The van der Waals surface area contributed by atoms with Crippen molar-refractivity contribution in [3.63, 3.8) is 0 Å². The fourth-order valence-corrected chi connectivity index (χ4v) is 2.71. The summed E-state index contributed by atoms with van der Waals surface area (Å²) in [7, 11) is 2.02. The summed E-state index contributed by atoms with van der Waals surface area (Å²) in [5.41, 5.74) is 1.84. The number of rotatable bonds is 0. The Labute approximate surface area is 89.1 Å². The first-order valence-electron chi connectivity index (χ1n) is 5.49. The van der Waals surface area contributed by atoms with E-state index in [1.54, 1.807) is 6.07 Å². The number of anilines is 2. The molecular formula is C12H15FN2. The van der Waals surface area contributed by atoms with Gasteiger partial charge >= 0.3 is 0 Å². The molecule has 15 heavy (non-hydrogen) atoms. The van der Waals surface area contributed by atoms with Gasteiger partial charge in [0.25, 0.3) is 0 Å². The van der Waals surface area contributed by atoms with Crippen LogP contribution in [-0.2, 0) is 0 Å². The van der Waals surface area contributed by atoms with Gasteiger partial charge in [-0.25, -0.2) is 4.39 Å². The van der Waals surface area contributed by atoms with Crippen molar-refractivity contribution in [1.29, 1.82) is 0 Å². The number of hydrogen-bond acceptors (Lipinski definition) is 2. The quantitative estimate of drug-likeness (QED) is 0.702. The molecule has 1 aromatic rings. The van der Waals surface area contributed by atoms with E-state index in [-0.39, 0.29) is 11.4 Å². The van der Waals surface area contributed by atoms with E-state index in [0.29, 0.717) is 0 Å². The molecule has 1 saturated carbocycles. The summed E-state index contributed by atoms with van der Waals surface area (Å²) < 4.78 is 13.7. The Morgan fingerprint density at radius 1 is 1.40 bits per heavy atom. The third-order valence-electron chi connectivity index (χ3n) is 3.93. The second-order valence-electron chi connectivity index (χ2n) is 4.63. The van der Waals surface area contributed by atoms with Gasteiger partial charge < -0.3 is 10.2 Å². The Hall–Kier alpha value is -1.25. The van der Waals surface area contributed by atoms with Gasteiger partial charge in [-0.1, -0.05) is 6.07 Å². The molecule has 0 unspecified atom stereocenters. The highest BCUT2D eigenvalue weighted by atomic mass is 19.1. The fourth-order valence-electron chi connectivity index (χ4n) is 2.71. The molecule has 1 spiro atoms. The Morgan fingerprint density at radius 3 is 2.87 bits per heavy atom. The zero-order valence-corrected chi connectivity index (χ0v) is 8.89. The van der Waals surface area contributed by atoms with Gasteiger partial charge in [-0.05, 0) is 31.4 Å². The second kappa shape index (κ2) is 2.87. The number of nitrogens with zero attached hydrogens (tertiary/aromatic N) is 1. The second-order valence-corrected chi connectivity index (χ2v) is 4.63. The van der Waals surface area contributed by atoms with Crippen molar-refractivity contribution in [1.82, 2.24) is 0 Å². The number of likely N-dealkylation sites (N-methyl/N-ethyl adjacent to an activating group) is 1. The lowest BCUT2D eigenvalue weighted by Crippen LogP contribution is -2.59. The van der Waals surface area contributed by atoms with Crippen LogP contribution in [0.25, 0.3) is 0 Å². The van der Waals surface area contributed by atoms with Crippen molar-refractivity contribution in [3.8, 4) is 0 Å². The maximum atomic E-state index is 13.7. The molecule has 1 fully saturated rings. The summed E-state index contributed by atoms with van der Waals surface area (Å²) in [5.74, 6) is -0.117. The molecule has 1 aliphatic carbocycles. The zero-order valence-electron chi connectivity index (χ0n) is 8.89. The normalized spacial score (nSPS) is 21.9. The molecule has 0 saturated heterocycles. The van der Waals surface area contributed by atoms with Gasteiger partial charge in [0.1, 0.15) is 5.82 Å². The highest BCUT2D eigenvalue weighted by Crippen LogP contribution is 2.45. The van der Waals surface area contributed by atoms with Crippen molar-refractivity contribution < 1.29 is 4.39 Å². The average molecular weight is 206 g/mol. The van der Waals surface area contributed by atoms with Gasteiger partial charge in [0, 0.05) is 13.6 Å². The number of nitrogens with one attached hydrogen (secondary N) is 1. The van der Waals surface area contributed by atoms with Crippen molar-refractivity contribution in [2.45, 2.75) is 24.8 Å². The summed E-state index contributed by atoms with van der Waals surface area (Å²) in [6, 6.07) is 5.24. The number of fused-ring (bicyclic) bond motifs is 1. The molecule has 0 radical (unpaired) electrons. The van der Waals surface area contributed by atoms with E-state index >= 15 is 0 Å². The number of halogens is 1. The van der Waals surface area contributed by atoms with E-state index in [9.17, 15) is 4.39 Å². The lowest BCUT2D eigenvalue weighted by atomic mass is 9.74. The molecule has 80 valence electrons. The van der Waals surface area contributed by atoms with Crippen LogP contribution in [0.4, 0.5) is 15.8 Å². The molecule has 0 amide bonds. The van der Waals surface area contributed by atoms with Crippen molar-refractivity contribution in [2.24, 2.45) is 0 Å². The lowest BCUT2D eigenvalue weighted by molar-refractivity contribution is 0.247. The predicted octanol–water partition coefficient (Wildman–Crippen LogP) is 2.61. The van der Waals surface area contributed by atoms with Crippen molar-refractivity contribution in [3.05, 3.63) is 24.0 Å². The van der Waals surface area contributed by atoms with Crippen LogP contribution >= 0.6 is 0 Å². The maximum Gasteiger partial charge on any atom is 0.148 e. The van der Waals surface area contributed by atoms with Crippen LogP contribution in [0.3, 0.4) is 0 Å². The van der Waals surface area contributed by atoms with Crippen LogP contribution in [-0.4, -0.2) is 19.1 Å². The Kier molecular flexibility index (Phi) is 1.73. The average Bonchev–Trinajstić information content (AvgIpc) is 2.16. The maximum absolute atomic E-state index is 13.7. The Balaban J connectivity index is 2.08. The third-order valence-corrected chi connectivity index (χ3v) is 3.93. The first-order chi connectivity index (χ1) is 7.23. The minimum absolute atomic E-state index is 0.117. The fraction of sp³-hybridized carbons (Fsp3) is 0.500. The van der Waals surface area contributed by atoms with E-state index in [1.165, 1.54) is 25.3 Å². The summed E-state index contributed by atoms with van der Waals surface area (Å²) in [5, 5.41) is 3.34. The molecule has 0 aromatic heterocycles. The monoisotopic (exact) mass is 206 g/mol. The van der Waals surface area contributed by atoms with Crippen LogP contribution < -0.4 is 10.2 Å². The van der Waals surface area contributed by atoms with E-state index in [4.69, 9.17) is 0 Å². The molecule has 3 heteroatoms. The predicted molar refractivity (Wildman–Crippen MR) is 59.9 cm³/mol. The van der Waals surface area contributed by atoms with Gasteiger partial charge in [0.05, 0.1) is 16.9 Å². The largest absolute Gasteiger partial charge is 0.381 e. The van der Waals surface area contributed by atoms with Crippen LogP contribution in [0, 0.1) is 5.82 Å². The minimum Gasteiger partial charge on any atom is -0.381 e. The standard InChI is InChI=1S/C12H15FN2/c1-15-11-9(13)4-2-5-10(11)14-8-12(15)6-3-7-12/h2,4-5,14H,3,6-8H2,1H3. The highest BCUT2D eigenvalue weighted by molar-refractivity contribution is 5.74. The molecular weight excluding hydrogens is 191 g/mol. The Bertz CT molecular complexity index is 399. The molecule has 1 N–H and O–H groups in total. The van der Waals surface area contributed by atoms with Gasteiger partial charge in [-0.2, -0.15) is 0 Å². The first kappa shape index (κ1) is 9.01. The molecule has 1 aliphatic heterocycles. The van der Waals surface area contributed by atoms with E-state index in [2.05, 4.69) is 10.2 Å². The summed E-state index contributed by atoms with van der Waals surface area (Å²) in [6.45, 7) is 0.944. The summed E-state index contributed by atoms with van der Waals surface area (Å²) >= 11 is 0. The number of benzene rings is 1. The van der Waals surface area contributed by atoms with E-state index in [1.807, 2.05) is 13.1 Å². The third kappa shape index (κ3) is 1.09. The molecule has 3 rings (SSSR count). The van der Waals surface area contributed by atoms with Crippen molar-refractivity contribution in [2.75, 3.05) is 23.8 Å². The van der Waals surface area contributed by atoms with Crippen LogP contribution in [0.5, 0.6) is 0 Å². The number of para-hydroxylation sites is 1. The van der Waals surface area contributed by atoms with E-state index in [0.717, 1.165) is 17.9 Å². The molecule has 0 bridgehead atoms. The Morgan fingerprint density at radius 2 is 2.20 bits per heavy atom. The molecule has 2 aliphatic rings. The van der Waals surface area contributed by atoms with Crippen molar-refractivity contribution >= 4 is 11.4 Å². The van der Waals surface area contributed by atoms with Gasteiger partial charge in [-0.3, -0.25) is 0 Å². The lowest BCUT2D eigenvalue weighted by Gasteiger charge is -2.53. The van der Waals surface area contributed by atoms with Gasteiger partial charge in [0.2, 0.25) is 0 Å². The summed E-state index contributed by atoms with van der Waals surface area (Å²) in [4.78, 5) is 2.14. The molecule has 2 nitrogen and oxygen atoms in total. The SMILES string of the molecule is CN1c2c(F)cccc2NCC12CCC2.